The molecule has 0 aliphatic rings. The van der Waals surface area contributed by atoms with Crippen LogP contribution in [0, 0.1) is 0 Å². The number of aromatic amines is 1. The minimum absolute atomic E-state index is 0.0982. The molecule has 0 radical (unpaired) electrons. The quantitative estimate of drug-likeness (QED) is 0.523. The molecular formula is C10H18ClN3O3S. The molecule has 0 aliphatic carbocycles. The number of hydrogen-bond acceptors (Lipinski definition) is 4. The normalized spacial score (nSPS) is 11.9. The number of ether oxygens (including phenoxy) is 1. The molecule has 1 heterocycles. The van der Waals surface area contributed by atoms with Crippen LogP contribution >= 0.6 is 11.6 Å². The third-order valence-corrected chi connectivity index (χ3v) is 3.73. The largest absolute Gasteiger partial charge is 0.380 e. The molecule has 0 atom stereocenters. The van der Waals surface area contributed by atoms with Gasteiger partial charge in [0, 0.05) is 25.5 Å². The summed E-state index contributed by atoms with van der Waals surface area (Å²) in [6.07, 6.45) is 2.60. The number of hydrogen-bond donors (Lipinski definition) is 2. The average molecular weight is 296 g/mol. The zero-order valence-corrected chi connectivity index (χ0v) is 11.9. The lowest BCUT2D eigenvalue weighted by atomic mass is 10.5. The van der Waals surface area contributed by atoms with Gasteiger partial charge in [-0.05, 0) is 6.42 Å². The Morgan fingerprint density at radius 2 is 2.28 bits per heavy atom. The van der Waals surface area contributed by atoms with Gasteiger partial charge < -0.3 is 9.72 Å². The van der Waals surface area contributed by atoms with Crippen LogP contribution in [0.5, 0.6) is 0 Å². The molecule has 1 aromatic heterocycles. The van der Waals surface area contributed by atoms with E-state index in [1.165, 1.54) is 6.20 Å². The average Bonchev–Trinajstić information content (AvgIpc) is 2.83. The van der Waals surface area contributed by atoms with E-state index in [1.54, 1.807) is 0 Å². The second-order valence-electron chi connectivity index (χ2n) is 3.60. The van der Waals surface area contributed by atoms with Gasteiger partial charge >= 0.3 is 0 Å². The van der Waals surface area contributed by atoms with Gasteiger partial charge in [0.15, 0.2) is 5.03 Å². The summed E-state index contributed by atoms with van der Waals surface area (Å²) < 4.78 is 31.2. The van der Waals surface area contributed by atoms with Crippen molar-refractivity contribution in [1.82, 2.24) is 14.7 Å². The molecule has 18 heavy (non-hydrogen) atoms. The van der Waals surface area contributed by atoms with E-state index in [2.05, 4.69) is 14.7 Å². The van der Waals surface area contributed by atoms with Crippen molar-refractivity contribution in [3.8, 4) is 0 Å². The van der Waals surface area contributed by atoms with Crippen molar-refractivity contribution in [2.75, 3.05) is 25.6 Å². The van der Waals surface area contributed by atoms with Crippen LogP contribution in [0.4, 0.5) is 0 Å². The molecule has 0 saturated heterocycles. The maximum atomic E-state index is 11.8. The Morgan fingerprint density at radius 1 is 1.50 bits per heavy atom. The van der Waals surface area contributed by atoms with E-state index in [0.717, 1.165) is 0 Å². The Bertz CT molecular complexity index is 447. The number of nitrogens with zero attached hydrogens (tertiary/aromatic N) is 1. The molecule has 0 saturated carbocycles. The molecule has 0 spiro atoms. The number of rotatable bonds is 9. The Hall–Kier alpha value is -0.630. The third-order valence-electron chi connectivity index (χ3n) is 2.21. The van der Waals surface area contributed by atoms with Crippen molar-refractivity contribution < 1.29 is 13.2 Å². The van der Waals surface area contributed by atoms with E-state index in [-0.39, 0.29) is 5.03 Å². The van der Waals surface area contributed by atoms with E-state index in [1.807, 2.05) is 6.92 Å². The maximum Gasteiger partial charge on any atom is 0.257 e. The molecule has 0 aromatic carbocycles. The van der Waals surface area contributed by atoms with Crippen molar-refractivity contribution >= 4 is 21.6 Å². The number of alkyl halides is 1. The Labute approximate surface area is 112 Å². The summed E-state index contributed by atoms with van der Waals surface area (Å²) in [5, 5.41) is 0.0982. The van der Waals surface area contributed by atoms with Gasteiger partial charge in [0.05, 0.1) is 12.8 Å². The molecule has 8 heteroatoms. The predicted molar refractivity (Wildman–Crippen MR) is 69.3 cm³/mol. The van der Waals surface area contributed by atoms with Gasteiger partial charge in [-0.1, -0.05) is 6.92 Å². The number of aromatic nitrogens is 2. The van der Waals surface area contributed by atoms with Crippen LogP contribution < -0.4 is 4.72 Å². The van der Waals surface area contributed by atoms with Gasteiger partial charge in [-0.2, -0.15) is 0 Å². The highest BCUT2D eigenvalue weighted by molar-refractivity contribution is 7.89. The number of H-pyrrole nitrogens is 1. The maximum absolute atomic E-state index is 11.8. The fraction of sp³-hybridized carbons (Fsp3) is 0.700. The Balaban J connectivity index is 2.36. The summed E-state index contributed by atoms with van der Waals surface area (Å²) >= 11 is 5.44. The van der Waals surface area contributed by atoms with Crippen LogP contribution in [0.2, 0.25) is 0 Å². The minimum Gasteiger partial charge on any atom is -0.380 e. The third kappa shape index (κ3) is 4.93. The van der Waals surface area contributed by atoms with Crippen molar-refractivity contribution in [3.63, 3.8) is 0 Å². The smallest absolute Gasteiger partial charge is 0.257 e. The van der Waals surface area contributed by atoms with Gasteiger partial charge in [-0.25, -0.2) is 18.1 Å². The van der Waals surface area contributed by atoms with Crippen LogP contribution in [-0.4, -0.2) is 44.0 Å². The molecule has 1 rings (SSSR count). The standard InChI is InChI=1S/C10H18ClN3O3S/c1-2-9-12-8-10(14-9)18(15,16)13-5-3-6-17-7-4-11/h8,13H,2-7H2,1H3,(H,12,14). The molecule has 2 N–H and O–H groups in total. The first-order chi connectivity index (χ1) is 8.60. The summed E-state index contributed by atoms with van der Waals surface area (Å²) in [5.41, 5.74) is 0. The molecule has 104 valence electrons. The lowest BCUT2D eigenvalue weighted by Gasteiger charge is -2.05. The molecule has 0 bridgehead atoms. The summed E-state index contributed by atoms with van der Waals surface area (Å²) in [7, 11) is -3.49. The van der Waals surface area contributed by atoms with Crippen molar-refractivity contribution in [2.45, 2.75) is 24.8 Å². The highest BCUT2D eigenvalue weighted by atomic mass is 35.5. The van der Waals surface area contributed by atoms with Crippen LogP contribution in [0.1, 0.15) is 19.2 Å². The zero-order chi connectivity index (χ0) is 13.4. The summed E-state index contributed by atoms with van der Waals surface area (Å²) in [4.78, 5) is 6.71. The summed E-state index contributed by atoms with van der Waals surface area (Å²) in [6.45, 7) is 3.19. The first-order valence-corrected chi connectivity index (χ1v) is 7.79. The number of aryl methyl sites for hydroxylation is 1. The lowest BCUT2D eigenvalue weighted by Crippen LogP contribution is -2.26. The minimum atomic E-state index is -3.49. The molecule has 6 nitrogen and oxygen atoms in total. The number of sulfonamides is 1. The number of nitrogens with one attached hydrogen (secondary N) is 2. The molecule has 1 aromatic rings. The van der Waals surface area contributed by atoms with Crippen molar-refractivity contribution in [3.05, 3.63) is 12.0 Å². The van der Waals surface area contributed by atoms with E-state index in [4.69, 9.17) is 16.3 Å². The van der Waals surface area contributed by atoms with E-state index in [0.29, 0.717) is 44.3 Å². The van der Waals surface area contributed by atoms with E-state index < -0.39 is 10.0 Å². The van der Waals surface area contributed by atoms with Crippen LogP contribution in [-0.2, 0) is 21.2 Å². The first kappa shape index (κ1) is 15.4. The van der Waals surface area contributed by atoms with Gasteiger partial charge in [0.2, 0.25) is 0 Å². The Morgan fingerprint density at radius 3 is 2.89 bits per heavy atom. The topological polar surface area (TPSA) is 84.1 Å². The summed E-state index contributed by atoms with van der Waals surface area (Å²) in [6, 6.07) is 0. The molecule has 0 unspecified atom stereocenters. The highest BCUT2D eigenvalue weighted by Crippen LogP contribution is 2.05. The lowest BCUT2D eigenvalue weighted by molar-refractivity contribution is 0.147. The van der Waals surface area contributed by atoms with Crippen LogP contribution in [0.25, 0.3) is 0 Å². The molecular weight excluding hydrogens is 278 g/mol. The predicted octanol–water partition coefficient (Wildman–Crippen LogP) is 0.896. The molecule has 0 fully saturated rings. The van der Waals surface area contributed by atoms with E-state index in [9.17, 15) is 8.42 Å². The van der Waals surface area contributed by atoms with Gasteiger partial charge in [-0.15, -0.1) is 11.6 Å². The van der Waals surface area contributed by atoms with Gasteiger partial charge in [-0.3, -0.25) is 0 Å². The van der Waals surface area contributed by atoms with Crippen LogP contribution in [0.15, 0.2) is 11.2 Å². The zero-order valence-electron chi connectivity index (χ0n) is 10.3. The Kier molecular flexibility index (Phi) is 6.62. The number of imidazole rings is 1. The summed E-state index contributed by atoms with van der Waals surface area (Å²) in [5.74, 6) is 1.10. The number of halogens is 1. The molecule has 0 aliphatic heterocycles. The first-order valence-electron chi connectivity index (χ1n) is 5.77. The monoisotopic (exact) mass is 295 g/mol. The fourth-order valence-electron chi connectivity index (χ4n) is 1.27. The SMILES string of the molecule is CCc1ncc(S(=O)(=O)NCCCOCCCl)[nH]1. The second kappa shape index (κ2) is 7.73. The molecule has 0 amide bonds. The second-order valence-corrected chi connectivity index (χ2v) is 5.71. The van der Waals surface area contributed by atoms with Crippen molar-refractivity contribution in [2.24, 2.45) is 0 Å². The fourth-order valence-corrected chi connectivity index (χ4v) is 2.40. The van der Waals surface area contributed by atoms with Gasteiger partial charge in [0.25, 0.3) is 10.0 Å². The van der Waals surface area contributed by atoms with Crippen molar-refractivity contribution in [1.29, 1.82) is 0 Å². The van der Waals surface area contributed by atoms with E-state index >= 15 is 0 Å². The highest BCUT2D eigenvalue weighted by Gasteiger charge is 2.15. The van der Waals surface area contributed by atoms with Gasteiger partial charge in [0.1, 0.15) is 5.82 Å². The van der Waals surface area contributed by atoms with Crippen LogP contribution in [0.3, 0.4) is 0 Å².